The van der Waals surface area contributed by atoms with Crippen LogP contribution in [-0.4, -0.2) is 23.9 Å². The van der Waals surface area contributed by atoms with E-state index in [9.17, 15) is 9.59 Å². The molecule has 0 fully saturated rings. The summed E-state index contributed by atoms with van der Waals surface area (Å²) in [6.45, 7) is 5.78. The second kappa shape index (κ2) is 9.19. The highest BCUT2D eigenvalue weighted by atomic mass is 35.5. The average Bonchev–Trinajstić information content (AvgIpc) is 3.09. The van der Waals surface area contributed by atoms with Crippen LogP contribution in [0.4, 0.5) is 0 Å². The first-order valence-corrected chi connectivity index (χ1v) is 10.6. The van der Waals surface area contributed by atoms with Crippen LogP contribution in [0.5, 0.6) is 0 Å². The van der Waals surface area contributed by atoms with Crippen molar-refractivity contribution in [1.29, 1.82) is 0 Å². The molecule has 0 saturated heterocycles. The molecule has 3 rings (SSSR count). The highest BCUT2D eigenvalue weighted by Gasteiger charge is 2.37. The molecule has 1 aliphatic heterocycles. The Hall–Kier alpha value is -2.37. The lowest BCUT2D eigenvalue weighted by atomic mass is 9.88. The van der Waals surface area contributed by atoms with Crippen molar-refractivity contribution in [2.45, 2.75) is 45.6 Å². The fourth-order valence-electron chi connectivity index (χ4n) is 3.45. The molecule has 30 heavy (non-hydrogen) atoms. The summed E-state index contributed by atoms with van der Waals surface area (Å²) in [7, 11) is 0. The van der Waals surface area contributed by atoms with Gasteiger partial charge in [-0.15, -0.1) is 0 Å². The minimum atomic E-state index is -0.673. The van der Waals surface area contributed by atoms with Crippen LogP contribution in [-0.2, 0) is 15.2 Å². The molecule has 2 aromatic carbocycles. The third-order valence-electron chi connectivity index (χ3n) is 5.11. The highest BCUT2D eigenvalue weighted by Crippen LogP contribution is 2.38. The number of ketones is 1. The van der Waals surface area contributed by atoms with E-state index in [0.717, 1.165) is 28.8 Å². The number of amides is 1. The molecule has 158 valence electrons. The molecule has 0 aromatic heterocycles. The predicted molar refractivity (Wildman–Crippen MR) is 119 cm³/mol. The number of halogens is 2. The summed E-state index contributed by atoms with van der Waals surface area (Å²) in [6, 6.07) is 10.8. The smallest absolute Gasteiger partial charge is 0.251 e. The SMILES string of the molecule is CCCC(=O)CNC(=O)c1ccc(C2=NOC(C)(c3cc(Cl)cc(Cl)c3)C2)cc1C. The molecule has 0 bridgehead atoms. The minimum absolute atomic E-state index is 0.0259. The van der Waals surface area contributed by atoms with Gasteiger partial charge in [0, 0.05) is 34.0 Å². The van der Waals surface area contributed by atoms with Gasteiger partial charge in [0.15, 0.2) is 11.4 Å². The second-order valence-electron chi connectivity index (χ2n) is 7.70. The summed E-state index contributed by atoms with van der Waals surface area (Å²) in [5, 5.41) is 8.05. The fraction of sp³-hybridized carbons (Fsp3) is 0.348. The normalized spacial score (nSPS) is 18.0. The van der Waals surface area contributed by atoms with Crippen LogP contribution in [0.3, 0.4) is 0 Å². The monoisotopic (exact) mass is 446 g/mol. The van der Waals surface area contributed by atoms with Crippen LogP contribution in [0.2, 0.25) is 10.0 Å². The molecule has 1 aliphatic rings. The van der Waals surface area contributed by atoms with Gasteiger partial charge in [-0.1, -0.05) is 41.3 Å². The Morgan fingerprint density at radius 2 is 1.87 bits per heavy atom. The van der Waals surface area contributed by atoms with Gasteiger partial charge in [-0.05, 0) is 61.7 Å². The minimum Gasteiger partial charge on any atom is -0.384 e. The number of Topliss-reactive ketones (excluding diaryl/α,β-unsaturated/α-hetero) is 1. The van der Waals surface area contributed by atoms with Crippen LogP contribution in [0, 0.1) is 6.92 Å². The molecule has 1 unspecified atom stereocenters. The van der Waals surface area contributed by atoms with Crippen molar-refractivity contribution < 1.29 is 14.4 Å². The zero-order chi connectivity index (χ0) is 21.9. The number of nitrogens with one attached hydrogen (secondary N) is 1. The number of aryl methyl sites for hydroxylation is 1. The van der Waals surface area contributed by atoms with E-state index < -0.39 is 5.60 Å². The molecule has 5 nitrogen and oxygen atoms in total. The maximum atomic E-state index is 12.4. The van der Waals surface area contributed by atoms with Crippen molar-refractivity contribution in [2.75, 3.05) is 6.54 Å². The molecule has 1 amide bonds. The van der Waals surface area contributed by atoms with E-state index in [-0.39, 0.29) is 18.2 Å². The quantitative estimate of drug-likeness (QED) is 0.615. The third kappa shape index (κ3) is 5.02. The van der Waals surface area contributed by atoms with Gasteiger partial charge in [0.1, 0.15) is 0 Å². The van der Waals surface area contributed by atoms with Crippen LogP contribution >= 0.6 is 23.2 Å². The van der Waals surface area contributed by atoms with E-state index in [4.69, 9.17) is 28.0 Å². The molecule has 0 aliphatic carbocycles. The van der Waals surface area contributed by atoms with Crippen molar-refractivity contribution in [3.8, 4) is 0 Å². The number of hydrogen-bond donors (Lipinski definition) is 1. The largest absolute Gasteiger partial charge is 0.384 e. The van der Waals surface area contributed by atoms with Crippen molar-refractivity contribution >= 4 is 40.6 Å². The summed E-state index contributed by atoms with van der Waals surface area (Å²) in [5.41, 5.74) is 3.17. The number of benzene rings is 2. The van der Waals surface area contributed by atoms with E-state index in [0.29, 0.717) is 28.5 Å². The number of rotatable bonds is 7. The summed E-state index contributed by atoms with van der Waals surface area (Å²) in [6.07, 6.45) is 1.78. The summed E-state index contributed by atoms with van der Waals surface area (Å²) >= 11 is 12.3. The maximum absolute atomic E-state index is 12.4. The van der Waals surface area contributed by atoms with E-state index in [1.165, 1.54) is 0 Å². The van der Waals surface area contributed by atoms with Gasteiger partial charge in [0.2, 0.25) is 0 Å². The van der Waals surface area contributed by atoms with Crippen molar-refractivity contribution in [3.63, 3.8) is 0 Å². The van der Waals surface area contributed by atoms with Crippen LogP contribution < -0.4 is 5.32 Å². The van der Waals surface area contributed by atoms with Crippen LogP contribution in [0.15, 0.2) is 41.6 Å². The van der Waals surface area contributed by atoms with Gasteiger partial charge in [0.25, 0.3) is 5.91 Å². The van der Waals surface area contributed by atoms with E-state index in [1.807, 2.05) is 45.0 Å². The van der Waals surface area contributed by atoms with Crippen LogP contribution in [0.1, 0.15) is 60.2 Å². The molecule has 0 spiro atoms. The lowest BCUT2D eigenvalue weighted by molar-refractivity contribution is -0.118. The fourth-order valence-corrected chi connectivity index (χ4v) is 3.97. The van der Waals surface area contributed by atoms with E-state index in [2.05, 4.69) is 10.5 Å². The Kier molecular flexibility index (Phi) is 6.84. The second-order valence-corrected chi connectivity index (χ2v) is 8.57. The topological polar surface area (TPSA) is 67.8 Å². The number of oxime groups is 1. The molecule has 2 aromatic rings. The van der Waals surface area contributed by atoms with E-state index in [1.54, 1.807) is 12.1 Å². The predicted octanol–water partition coefficient (Wildman–Crippen LogP) is 5.44. The maximum Gasteiger partial charge on any atom is 0.251 e. The summed E-state index contributed by atoms with van der Waals surface area (Å²) in [5.74, 6) is -0.232. The average molecular weight is 447 g/mol. The molecular weight excluding hydrogens is 423 g/mol. The summed E-state index contributed by atoms with van der Waals surface area (Å²) in [4.78, 5) is 29.8. The van der Waals surface area contributed by atoms with Crippen LogP contribution in [0.25, 0.3) is 0 Å². The first kappa shape index (κ1) is 22.3. The molecule has 1 atom stereocenters. The Balaban J connectivity index is 1.72. The summed E-state index contributed by atoms with van der Waals surface area (Å²) < 4.78 is 0. The standard InChI is InChI=1S/C23H24Cl2N2O3/c1-4-5-19(28)13-26-22(29)20-7-6-15(8-14(20)2)21-12-23(3,30-27-21)16-9-17(24)11-18(25)10-16/h6-11H,4-5,12-13H2,1-3H3,(H,26,29). The van der Waals surface area contributed by atoms with Gasteiger partial charge < -0.3 is 10.2 Å². The molecular formula is C23H24Cl2N2O3. The lowest BCUT2D eigenvalue weighted by Gasteiger charge is -2.22. The molecule has 0 saturated carbocycles. The van der Waals surface area contributed by atoms with Gasteiger partial charge in [0.05, 0.1) is 12.3 Å². The Bertz CT molecular complexity index is 999. The molecule has 7 heteroatoms. The Labute approximate surface area is 186 Å². The van der Waals surface area contributed by atoms with Crippen molar-refractivity contribution in [2.24, 2.45) is 5.16 Å². The molecule has 1 N–H and O–H groups in total. The zero-order valence-corrected chi connectivity index (χ0v) is 18.7. The Morgan fingerprint density at radius 3 is 2.50 bits per heavy atom. The lowest BCUT2D eigenvalue weighted by Crippen LogP contribution is -2.30. The van der Waals surface area contributed by atoms with Crippen molar-refractivity contribution in [3.05, 3.63) is 68.7 Å². The first-order chi connectivity index (χ1) is 14.2. The number of carbonyl (C=O) groups excluding carboxylic acids is 2. The first-order valence-electron chi connectivity index (χ1n) is 9.84. The number of carbonyl (C=O) groups is 2. The zero-order valence-electron chi connectivity index (χ0n) is 17.2. The van der Waals surface area contributed by atoms with Gasteiger partial charge in [-0.2, -0.15) is 0 Å². The Morgan fingerprint density at radius 1 is 1.17 bits per heavy atom. The number of hydrogen-bond acceptors (Lipinski definition) is 4. The van der Waals surface area contributed by atoms with E-state index >= 15 is 0 Å². The molecule has 1 heterocycles. The number of nitrogens with zero attached hydrogens (tertiary/aromatic N) is 1. The third-order valence-corrected chi connectivity index (χ3v) is 5.55. The van der Waals surface area contributed by atoms with Gasteiger partial charge >= 0.3 is 0 Å². The van der Waals surface area contributed by atoms with Gasteiger partial charge in [-0.25, -0.2) is 0 Å². The highest BCUT2D eigenvalue weighted by molar-refractivity contribution is 6.34. The van der Waals surface area contributed by atoms with Gasteiger partial charge in [-0.3, -0.25) is 9.59 Å². The van der Waals surface area contributed by atoms with Crippen molar-refractivity contribution in [1.82, 2.24) is 5.32 Å². The molecule has 0 radical (unpaired) electrons.